The van der Waals surface area contributed by atoms with Crippen LogP contribution < -0.4 is 15.2 Å². The number of hydrogen-bond acceptors (Lipinski definition) is 6. The van der Waals surface area contributed by atoms with Gasteiger partial charge in [-0.3, -0.25) is 9.59 Å². The molecular formula is C19H19NO6. The molecule has 0 aliphatic heterocycles. The molecule has 0 radical (unpaired) electrons. The number of Topliss-reactive ketones (excluding diaryl/α,β-unsaturated/α-hetero) is 1. The Labute approximate surface area is 150 Å². The van der Waals surface area contributed by atoms with E-state index in [0.29, 0.717) is 17.1 Å². The SMILES string of the molecule is COc1ccc(C(=O)C(C)OC(=O)c2ccc(OCC(N)=O)cc2)cc1. The number of ether oxygens (including phenoxy) is 3. The van der Waals surface area contributed by atoms with Crippen LogP contribution in [0.4, 0.5) is 0 Å². The topological polar surface area (TPSA) is 105 Å². The lowest BCUT2D eigenvalue weighted by molar-refractivity contribution is -0.119. The van der Waals surface area contributed by atoms with Gasteiger partial charge in [0.25, 0.3) is 5.91 Å². The molecule has 2 N–H and O–H groups in total. The first-order valence-corrected chi connectivity index (χ1v) is 7.81. The average molecular weight is 357 g/mol. The second-order valence-corrected chi connectivity index (χ2v) is 5.42. The molecule has 1 atom stereocenters. The number of methoxy groups -OCH3 is 1. The van der Waals surface area contributed by atoms with Crippen molar-refractivity contribution < 1.29 is 28.6 Å². The minimum atomic E-state index is -0.943. The Bertz CT molecular complexity index is 783. The quantitative estimate of drug-likeness (QED) is 0.572. The lowest BCUT2D eigenvalue weighted by atomic mass is 10.1. The van der Waals surface area contributed by atoms with Gasteiger partial charge in [-0.05, 0) is 55.5 Å². The van der Waals surface area contributed by atoms with Gasteiger partial charge in [0.15, 0.2) is 12.7 Å². The van der Waals surface area contributed by atoms with Crippen molar-refractivity contribution >= 4 is 17.7 Å². The van der Waals surface area contributed by atoms with E-state index in [1.54, 1.807) is 24.3 Å². The van der Waals surface area contributed by atoms with Gasteiger partial charge < -0.3 is 19.9 Å². The maximum Gasteiger partial charge on any atom is 0.338 e. The number of primary amides is 1. The third kappa shape index (κ3) is 5.07. The Morgan fingerprint density at radius 1 is 0.923 bits per heavy atom. The summed E-state index contributed by atoms with van der Waals surface area (Å²) in [6.45, 7) is 1.26. The average Bonchev–Trinajstić information content (AvgIpc) is 2.66. The zero-order chi connectivity index (χ0) is 19.1. The van der Waals surface area contributed by atoms with Crippen molar-refractivity contribution in [1.29, 1.82) is 0 Å². The first kappa shape index (κ1) is 19.0. The van der Waals surface area contributed by atoms with E-state index < -0.39 is 18.0 Å². The summed E-state index contributed by atoms with van der Waals surface area (Å²) in [6, 6.07) is 12.5. The van der Waals surface area contributed by atoms with Crippen LogP contribution in [-0.2, 0) is 9.53 Å². The minimum Gasteiger partial charge on any atom is -0.497 e. The summed E-state index contributed by atoms with van der Waals surface area (Å²) in [6.07, 6.45) is -0.943. The van der Waals surface area contributed by atoms with Gasteiger partial charge in [0, 0.05) is 5.56 Å². The van der Waals surface area contributed by atoms with Crippen LogP contribution in [0.2, 0.25) is 0 Å². The monoisotopic (exact) mass is 357 g/mol. The summed E-state index contributed by atoms with van der Waals surface area (Å²) in [5.74, 6) is -0.532. The molecule has 7 heteroatoms. The van der Waals surface area contributed by atoms with Crippen molar-refractivity contribution in [2.45, 2.75) is 13.0 Å². The van der Waals surface area contributed by atoms with Crippen molar-refractivity contribution in [1.82, 2.24) is 0 Å². The van der Waals surface area contributed by atoms with E-state index >= 15 is 0 Å². The van der Waals surface area contributed by atoms with Crippen molar-refractivity contribution in [2.75, 3.05) is 13.7 Å². The van der Waals surface area contributed by atoms with Crippen molar-refractivity contribution in [2.24, 2.45) is 5.73 Å². The van der Waals surface area contributed by atoms with Crippen LogP contribution in [0.3, 0.4) is 0 Å². The highest BCUT2D eigenvalue weighted by atomic mass is 16.5. The fourth-order valence-corrected chi connectivity index (χ4v) is 2.11. The number of carbonyl (C=O) groups excluding carboxylic acids is 3. The molecule has 7 nitrogen and oxygen atoms in total. The number of nitrogens with two attached hydrogens (primary N) is 1. The molecule has 2 rings (SSSR count). The van der Waals surface area contributed by atoms with E-state index in [1.807, 2.05) is 0 Å². The Morgan fingerprint density at radius 3 is 2.00 bits per heavy atom. The molecule has 0 aromatic heterocycles. The molecule has 1 unspecified atom stereocenters. The van der Waals surface area contributed by atoms with Crippen LogP contribution in [0.25, 0.3) is 0 Å². The predicted molar refractivity (Wildman–Crippen MR) is 93.3 cm³/mol. The number of carbonyl (C=O) groups is 3. The number of ketones is 1. The zero-order valence-electron chi connectivity index (χ0n) is 14.4. The first-order chi connectivity index (χ1) is 12.4. The van der Waals surface area contributed by atoms with Crippen LogP contribution >= 0.6 is 0 Å². The number of hydrogen-bond donors (Lipinski definition) is 1. The van der Waals surface area contributed by atoms with E-state index in [-0.39, 0.29) is 18.0 Å². The molecule has 0 aliphatic carbocycles. The van der Waals surface area contributed by atoms with Gasteiger partial charge in [-0.2, -0.15) is 0 Å². The van der Waals surface area contributed by atoms with Crippen LogP contribution in [0, 0.1) is 0 Å². The molecule has 0 bridgehead atoms. The number of benzene rings is 2. The highest BCUT2D eigenvalue weighted by Crippen LogP contribution is 2.16. The number of esters is 1. The van der Waals surface area contributed by atoms with Crippen molar-refractivity contribution in [3.8, 4) is 11.5 Å². The molecule has 0 saturated heterocycles. The highest BCUT2D eigenvalue weighted by molar-refractivity contribution is 6.01. The van der Waals surface area contributed by atoms with Crippen molar-refractivity contribution in [3.63, 3.8) is 0 Å². The van der Waals surface area contributed by atoms with Gasteiger partial charge in [0.2, 0.25) is 5.78 Å². The van der Waals surface area contributed by atoms with Crippen LogP contribution in [0.5, 0.6) is 11.5 Å². The summed E-state index contributed by atoms with van der Waals surface area (Å²) in [7, 11) is 1.53. The van der Waals surface area contributed by atoms with E-state index in [1.165, 1.54) is 38.3 Å². The largest absolute Gasteiger partial charge is 0.497 e. The standard InChI is InChI=1S/C19H19NO6/c1-12(18(22)13-3-7-15(24-2)8-4-13)26-19(23)14-5-9-16(10-6-14)25-11-17(20)21/h3-10,12H,11H2,1-2H3,(H2,20,21). The van der Waals surface area contributed by atoms with Gasteiger partial charge in [-0.25, -0.2) is 4.79 Å². The molecule has 0 fully saturated rings. The molecule has 26 heavy (non-hydrogen) atoms. The molecule has 2 aromatic carbocycles. The zero-order valence-corrected chi connectivity index (χ0v) is 14.4. The summed E-state index contributed by atoms with van der Waals surface area (Å²) in [5, 5.41) is 0. The van der Waals surface area contributed by atoms with Gasteiger partial charge in [-0.15, -0.1) is 0 Å². The normalized spacial score (nSPS) is 11.3. The van der Waals surface area contributed by atoms with E-state index in [0.717, 1.165) is 0 Å². The Balaban J connectivity index is 1.96. The van der Waals surface area contributed by atoms with Gasteiger partial charge in [0.05, 0.1) is 12.7 Å². The number of amides is 1. The Morgan fingerprint density at radius 2 is 1.46 bits per heavy atom. The molecule has 0 heterocycles. The predicted octanol–water partition coefficient (Wildman–Crippen LogP) is 1.99. The smallest absolute Gasteiger partial charge is 0.338 e. The Hall–Kier alpha value is -3.35. The second kappa shape index (κ2) is 8.66. The molecular weight excluding hydrogens is 338 g/mol. The summed E-state index contributed by atoms with van der Waals surface area (Å²) < 4.78 is 15.4. The lowest BCUT2D eigenvalue weighted by Crippen LogP contribution is -2.24. The molecule has 0 saturated carbocycles. The van der Waals surface area contributed by atoms with Gasteiger partial charge in [-0.1, -0.05) is 0 Å². The molecule has 0 spiro atoms. The van der Waals surface area contributed by atoms with E-state index in [4.69, 9.17) is 19.9 Å². The molecule has 1 amide bonds. The van der Waals surface area contributed by atoms with Gasteiger partial charge in [0.1, 0.15) is 11.5 Å². The van der Waals surface area contributed by atoms with Crippen LogP contribution in [-0.4, -0.2) is 37.5 Å². The van der Waals surface area contributed by atoms with E-state index in [2.05, 4.69) is 0 Å². The van der Waals surface area contributed by atoms with Crippen LogP contribution in [0.15, 0.2) is 48.5 Å². The molecule has 136 valence electrons. The van der Waals surface area contributed by atoms with E-state index in [9.17, 15) is 14.4 Å². The maximum absolute atomic E-state index is 12.3. The van der Waals surface area contributed by atoms with Crippen molar-refractivity contribution in [3.05, 3.63) is 59.7 Å². The first-order valence-electron chi connectivity index (χ1n) is 7.81. The molecule has 0 aliphatic rings. The number of rotatable bonds is 8. The summed E-state index contributed by atoms with van der Waals surface area (Å²) in [5.41, 5.74) is 5.66. The fourth-order valence-electron chi connectivity index (χ4n) is 2.11. The maximum atomic E-state index is 12.3. The summed E-state index contributed by atoms with van der Waals surface area (Å²) >= 11 is 0. The highest BCUT2D eigenvalue weighted by Gasteiger charge is 2.20. The van der Waals surface area contributed by atoms with Crippen LogP contribution in [0.1, 0.15) is 27.6 Å². The third-order valence-electron chi connectivity index (χ3n) is 3.50. The Kier molecular flexibility index (Phi) is 6.32. The minimum absolute atomic E-state index is 0.253. The lowest BCUT2D eigenvalue weighted by Gasteiger charge is -2.13. The second-order valence-electron chi connectivity index (χ2n) is 5.42. The molecule has 2 aromatic rings. The third-order valence-corrected chi connectivity index (χ3v) is 3.50. The van der Waals surface area contributed by atoms with Gasteiger partial charge >= 0.3 is 5.97 Å². The summed E-state index contributed by atoms with van der Waals surface area (Å²) in [4.78, 5) is 35.2. The fraction of sp³-hybridized carbons (Fsp3) is 0.211.